The molecule has 0 aromatic heterocycles. The van der Waals surface area contributed by atoms with Crippen molar-refractivity contribution in [2.45, 2.75) is 109 Å². The molecule has 0 aliphatic carbocycles. The molecule has 3 saturated heterocycles. The highest BCUT2D eigenvalue weighted by molar-refractivity contribution is 5.87. The molecule has 9 heteroatoms. The standard InChI is InChI=1S/C27H41NO8/c1-16(8-11-23-25(31)27(15-33-27)14-26(6,32)36-23)7-10-22-17(2)13-21(19(4)35-22)28-24(30)12-9-18(3)34-20(5)29/h7-9,11-12,17-19,21-23,25,31-32H,10,13-15H2,1-6H3,(H,28,30)/b11-8+,12-9-,16-7+/t17-,18-,19+,21+,22?,23?,25+,26-,27+/m0/s1. The van der Waals surface area contributed by atoms with Gasteiger partial charge in [-0.15, -0.1) is 0 Å². The lowest BCUT2D eigenvalue weighted by Crippen LogP contribution is -2.54. The molecule has 0 bridgehead atoms. The lowest BCUT2D eigenvalue weighted by molar-refractivity contribution is -0.272. The van der Waals surface area contributed by atoms with Crippen LogP contribution in [0, 0.1) is 5.92 Å². The first kappa shape index (κ1) is 28.5. The fourth-order valence-electron chi connectivity index (χ4n) is 4.95. The van der Waals surface area contributed by atoms with Crippen LogP contribution in [0.4, 0.5) is 0 Å². The van der Waals surface area contributed by atoms with Gasteiger partial charge in [-0.1, -0.05) is 30.7 Å². The number of aliphatic hydroxyl groups excluding tert-OH is 1. The molecule has 3 N–H and O–H groups in total. The van der Waals surface area contributed by atoms with Crippen molar-refractivity contribution in [2.24, 2.45) is 5.92 Å². The molecule has 3 aliphatic rings. The van der Waals surface area contributed by atoms with Gasteiger partial charge in [-0.2, -0.15) is 0 Å². The zero-order valence-corrected chi connectivity index (χ0v) is 22.1. The molecule has 202 valence electrons. The average molecular weight is 508 g/mol. The molecular weight excluding hydrogens is 466 g/mol. The summed E-state index contributed by atoms with van der Waals surface area (Å²) < 4.78 is 22.3. The van der Waals surface area contributed by atoms with Gasteiger partial charge in [0, 0.05) is 19.4 Å². The van der Waals surface area contributed by atoms with Crippen molar-refractivity contribution < 1.29 is 38.7 Å². The number of allylic oxidation sites excluding steroid dienone is 2. The minimum absolute atomic E-state index is 0.0106. The van der Waals surface area contributed by atoms with E-state index in [1.54, 1.807) is 26.0 Å². The zero-order valence-electron chi connectivity index (χ0n) is 22.1. The van der Waals surface area contributed by atoms with E-state index in [-0.39, 0.29) is 36.5 Å². The number of hydrogen-bond donors (Lipinski definition) is 3. The molecule has 0 saturated carbocycles. The van der Waals surface area contributed by atoms with Gasteiger partial charge in [-0.25, -0.2) is 0 Å². The van der Waals surface area contributed by atoms with Gasteiger partial charge in [-0.05, 0) is 52.5 Å². The first-order chi connectivity index (χ1) is 16.8. The summed E-state index contributed by atoms with van der Waals surface area (Å²) in [5, 5.41) is 23.9. The van der Waals surface area contributed by atoms with Gasteiger partial charge in [-0.3, -0.25) is 9.59 Å². The zero-order chi connectivity index (χ0) is 26.7. The van der Waals surface area contributed by atoms with Crippen molar-refractivity contribution in [3.63, 3.8) is 0 Å². The third-order valence-electron chi connectivity index (χ3n) is 7.02. The predicted molar refractivity (Wildman–Crippen MR) is 133 cm³/mol. The SMILES string of the molecule is CC(=O)O[C@@H](C)/C=C\C(=O)N[C@@H]1C[C@H](C)C(C/C=C(C)/C=C/C2O[C@](C)(O)C[C@@]3(CO3)[C@@H]2O)O[C@@H]1C. The molecule has 3 rings (SSSR count). The molecule has 0 aromatic rings. The maximum Gasteiger partial charge on any atom is 0.303 e. The minimum atomic E-state index is -1.34. The monoisotopic (exact) mass is 507 g/mol. The van der Waals surface area contributed by atoms with E-state index in [1.807, 2.05) is 19.9 Å². The molecule has 3 heterocycles. The summed E-state index contributed by atoms with van der Waals surface area (Å²) in [5.74, 6) is -1.75. The first-order valence-corrected chi connectivity index (χ1v) is 12.7. The van der Waals surface area contributed by atoms with Crippen molar-refractivity contribution in [3.05, 3.63) is 36.0 Å². The maximum atomic E-state index is 12.3. The summed E-state index contributed by atoms with van der Waals surface area (Å²) >= 11 is 0. The first-order valence-electron chi connectivity index (χ1n) is 12.7. The lowest BCUT2D eigenvalue weighted by atomic mass is 9.87. The van der Waals surface area contributed by atoms with E-state index < -0.39 is 35.7 Å². The average Bonchev–Trinajstić information content (AvgIpc) is 3.54. The topological polar surface area (TPSA) is 127 Å². The van der Waals surface area contributed by atoms with Crippen LogP contribution in [-0.4, -0.2) is 76.6 Å². The second kappa shape index (κ2) is 11.6. The van der Waals surface area contributed by atoms with Crippen molar-refractivity contribution in [1.29, 1.82) is 0 Å². The Morgan fingerprint density at radius 3 is 2.58 bits per heavy atom. The summed E-state index contributed by atoms with van der Waals surface area (Å²) in [4.78, 5) is 23.3. The number of rotatable bonds is 8. The number of hydrogen-bond acceptors (Lipinski definition) is 8. The van der Waals surface area contributed by atoms with Crippen LogP contribution in [-0.2, 0) is 28.5 Å². The number of nitrogens with one attached hydrogen (secondary N) is 1. The van der Waals surface area contributed by atoms with Gasteiger partial charge in [0.15, 0.2) is 5.79 Å². The normalized spacial score (nSPS) is 39.9. The van der Waals surface area contributed by atoms with E-state index in [0.717, 1.165) is 12.0 Å². The highest BCUT2D eigenvalue weighted by Gasteiger charge is 2.61. The van der Waals surface area contributed by atoms with Crippen molar-refractivity contribution in [3.8, 4) is 0 Å². The summed E-state index contributed by atoms with van der Waals surface area (Å²) in [6, 6.07) is -0.114. The Balaban J connectivity index is 1.49. The Kier molecular flexibility index (Phi) is 9.16. The van der Waals surface area contributed by atoms with Crippen LogP contribution in [0.15, 0.2) is 36.0 Å². The van der Waals surface area contributed by atoms with Crippen LogP contribution in [0.5, 0.6) is 0 Å². The van der Waals surface area contributed by atoms with Gasteiger partial charge in [0.25, 0.3) is 0 Å². The van der Waals surface area contributed by atoms with Gasteiger partial charge in [0.1, 0.15) is 23.9 Å². The van der Waals surface area contributed by atoms with Crippen LogP contribution >= 0.6 is 0 Å². The van der Waals surface area contributed by atoms with Crippen LogP contribution in [0.2, 0.25) is 0 Å². The van der Waals surface area contributed by atoms with E-state index in [9.17, 15) is 19.8 Å². The number of esters is 1. The molecule has 36 heavy (non-hydrogen) atoms. The quantitative estimate of drug-likeness (QED) is 0.198. The Labute approximate surface area is 213 Å². The Morgan fingerprint density at radius 2 is 1.94 bits per heavy atom. The number of ether oxygens (including phenoxy) is 4. The van der Waals surface area contributed by atoms with Crippen LogP contribution in [0.1, 0.15) is 60.8 Å². The number of amides is 1. The molecular formula is C27H41NO8. The van der Waals surface area contributed by atoms with Gasteiger partial charge >= 0.3 is 5.97 Å². The van der Waals surface area contributed by atoms with E-state index in [2.05, 4.69) is 18.3 Å². The third kappa shape index (κ3) is 7.73. The molecule has 1 amide bonds. The smallest absolute Gasteiger partial charge is 0.303 e. The summed E-state index contributed by atoms with van der Waals surface area (Å²) in [6.45, 7) is 11.1. The van der Waals surface area contributed by atoms with E-state index >= 15 is 0 Å². The Hall–Kier alpha value is -2.04. The van der Waals surface area contributed by atoms with E-state index in [1.165, 1.54) is 13.0 Å². The number of epoxide rings is 1. The van der Waals surface area contributed by atoms with Gasteiger partial charge < -0.3 is 34.5 Å². The Bertz CT molecular complexity index is 890. The molecule has 3 aliphatic heterocycles. The molecule has 9 nitrogen and oxygen atoms in total. The molecule has 9 atom stereocenters. The summed E-state index contributed by atoms with van der Waals surface area (Å²) in [6.07, 6.45) is 8.33. The summed E-state index contributed by atoms with van der Waals surface area (Å²) in [7, 11) is 0. The predicted octanol–water partition coefficient (Wildman–Crippen LogP) is 2.31. The number of aliphatic hydroxyl groups is 2. The van der Waals surface area contributed by atoms with Crippen LogP contribution in [0.25, 0.3) is 0 Å². The van der Waals surface area contributed by atoms with Crippen LogP contribution in [0.3, 0.4) is 0 Å². The number of carbonyl (C=O) groups excluding carboxylic acids is 2. The third-order valence-corrected chi connectivity index (χ3v) is 7.02. The fraction of sp³-hybridized carbons (Fsp3) is 0.704. The number of carbonyl (C=O) groups is 2. The highest BCUT2D eigenvalue weighted by atomic mass is 16.7. The van der Waals surface area contributed by atoms with E-state index in [0.29, 0.717) is 13.0 Å². The largest absolute Gasteiger partial charge is 0.459 e. The van der Waals surface area contributed by atoms with Gasteiger partial charge in [0.05, 0.1) is 24.9 Å². The fourth-order valence-corrected chi connectivity index (χ4v) is 4.95. The molecule has 3 fully saturated rings. The van der Waals surface area contributed by atoms with Crippen LogP contribution < -0.4 is 5.32 Å². The van der Waals surface area contributed by atoms with E-state index in [4.69, 9.17) is 18.9 Å². The molecule has 2 unspecified atom stereocenters. The Morgan fingerprint density at radius 1 is 1.25 bits per heavy atom. The molecule has 0 aromatic carbocycles. The minimum Gasteiger partial charge on any atom is -0.459 e. The lowest BCUT2D eigenvalue weighted by Gasteiger charge is -2.40. The van der Waals surface area contributed by atoms with Crippen molar-refractivity contribution in [2.75, 3.05) is 6.61 Å². The summed E-state index contributed by atoms with van der Waals surface area (Å²) in [5.41, 5.74) is 0.283. The molecule has 0 radical (unpaired) electrons. The highest BCUT2D eigenvalue weighted by Crippen LogP contribution is 2.45. The molecule has 1 spiro atoms. The van der Waals surface area contributed by atoms with Crippen molar-refractivity contribution in [1.82, 2.24) is 5.32 Å². The van der Waals surface area contributed by atoms with Gasteiger partial charge in [0.2, 0.25) is 5.91 Å². The second-order valence-corrected chi connectivity index (χ2v) is 10.7. The maximum absolute atomic E-state index is 12.3. The van der Waals surface area contributed by atoms with Crippen molar-refractivity contribution >= 4 is 11.9 Å². The second-order valence-electron chi connectivity index (χ2n) is 10.7.